The van der Waals surface area contributed by atoms with Gasteiger partial charge >= 0.3 is 0 Å². The number of rotatable bonds is 4. The van der Waals surface area contributed by atoms with Crippen LogP contribution < -0.4 is 5.32 Å². The molecular weight excluding hydrogens is 270 g/mol. The fraction of sp³-hybridized carbons (Fsp3) is 0.500. The highest BCUT2D eigenvalue weighted by molar-refractivity contribution is 6.42. The summed E-state index contributed by atoms with van der Waals surface area (Å²) in [6.07, 6.45) is 0.210. The molecule has 90 valence electrons. The van der Waals surface area contributed by atoms with Crippen molar-refractivity contribution in [2.45, 2.75) is 32.4 Å². The molecule has 1 heterocycles. The van der Waals surface area contributed by atoms with E-state index in [-0.39, 0.29) is 17.3 Å². The van der Waals surface area contributed by atoms with E-state index in [9.17, 15) is 5.11 Å². The minimum Gasteiger partial charge on any atom is -0.393 e. The minimum atomic E-state index is -0.385. The average molecular weight is 284 g/mol. The summed E-state index contributed by atoms with van der Waals surface area (Å²) in [6.45, 7) is 3.65. The Kier molecular flexibility index (Phi) is 5.12. The summed E-state index contributed by atoms with van der Waals surface area (Å²) in [4.78, 5) is 4.03. The first kappa shape index (κ1) is 13.8. The molecule has 0 amide bonds. The number of anilines is 1. The molecule has 0 saturated heterocycles. The largest absolute Gasteiger partial charge is 0.393 e. The van der Waals surface area contributed by atoms with Gasteiger partial charge in [0.1, 0.15) is 11.0 Å². The minimum absolute atomic E-state index is 0.0437. The Bertz CT molecular complexity index is 371. The number of aliphatic hydroxyl groups is 1. The van der Waals surface area contributed by atoms with Gasteiger partial charge in [-0.05, 0) is 26.3 Å². The molecule has 2 atom stereocenters. The number of nitrogens with zero attached hydrogens (tertiary/aromatic N) is 1. The zero-order chi connectivity index (χ0) is 12.3. The molecule has 0 fully saturated rings. The smallest absolute Gasteiger partial charge is 0.150 e. The van der Waals surface area contributed by atoms with Crippen molar-refractivity contribution in [3.63, 3.8) is 0 Å². The maximum atomic E-state index is 9.23. The molecular formula is C10H13Cl3N2O. The third kappa shape index (κ3) is 3.98. The summed E-state index contributed by atoms with van der Waals surface area (Å²) in [5, 5.41) is 13.2. The number of aliphatic hydroxyl groups excluding tert-OH is 1. The molecule has 1 rings (SSSR count). The summed E-state index contributed by atoms with van der Waals surface area (Å²) in [7, 11) is 0. The normalized spacial score (nSPS) is 14.6. The second kappa shape index (κ2) is 5.92. The summed E-state index contributed by atoms with van der Waals surface area (Å²) in [5.41, 5.74) is 0. The van der Waals surface area contributed by atoms with Crippen LogP contribution in [-0.2, 0) is 0 Å². The maximum absolute atomic E-state index is 9.23. The first-order chi connectivity index (χ1) is 7.40. The summed E-state index contributed by atoms with van der Waals surface area (Å²) < 4.78 is 0. The molecule has 0 radical (unpaired) electrons. The highest BCUT2D eigenvalue weighted by Gasteiger charge is 2.11. The first-order valence-corrected chi connectivity index (χ1v) is 5.99. The Morgan fingerprint density at radius 2 is 1.94 bits per heavy atom. The zero-order valence-electron chi connectivity index (χ0n) is 8.97. The fourth-order valence-electron chi connectivity index (χ4n) is 1.35. The van der Waals surface area contributed by atoms with Gasteiger partial charge in [-0.15, -0.1) is 0 Å². The molecule has 0 saturated carbocycles. The van der Waals surface area contributed by atoms with Crippen molar-refractivity contribution in [1.82, 2.24) is 4.98 Å². The van der Waals surface area contributed by atoms with Crippen LogP contribution in [-0.4, -0.2) is 22.2 Å². The van der Waals surface area contributed by atoms with Crippen molar-refractivity contribution in [1.29, 1.82) is 0 Å². The SMILES string of the molecule is CC(O)CC(C)Nc1nc(Cl)c(Cl)cc1Cl. The number of halogens is 3. The van der Waals surface area contributed by atoms with Gasteiger partial charge in [-0.2, -0.15) is 0 Å². The van der Waals surface area contributed by atoms with Gasteiger partial charge < -0.3 is 10.4 Å². The lowest BCUT2D eigenvalue weighted by Gasteiger charge is -2.17. The zero-order valence-corrected chi connectivity index (χ0v) is 11.2. The van der Waals surface area contributed by atoms with Crippen molar-refractivity contribution in [2.24, 2.45) is 0 Å². The Hall–Kier alpha value is -0.220. The second-order valence-electron chi connectivity index (χ2n) is 3.72. The lowest BCUT2D eigenvalue weighted by Crippen LogP contribution is -2.21. The molecule has 0 aliphatic carbocycles. The van der Waals surface area contributed by atoms with Gasteiger partial charge in [-0.3, -0.25) is 0 Å². The first-order valence-electron chi connectivity index (χ1n) is 4.86. The molecule has 0 aromatic carbocycles. The molecule has 2 N–H and O–H groups in total. The monoisotopic (exact) mass is 282 g/mol. The van der Waals surface area contributed by atoms with E-state index in [1.54, 1.807) is 6.92 Å². The van der Waals surface area contributed by atoms with Gasteiger partial charge in [0.25, 0.3) is 0 Å². The highest BCUT2D eigenvalue weighted by atomic mass is 35.5. The third-order valence-corrected chi connectivity index (χ3v) is 2.93. The standard InChI is InChI=1S/C10H13Cl3N2O/c1-5(3-6(2)16)14-10-8(12)4-7(11)9(13)15-10/h4-6,16H,3H2,1-2H3,(H,14,15). The predicted molar refractivity (Wildman–Crippen MR) is 68.6 cm³/mol. The van der Waals surface area contributed by atoms with Crippen LogP contribution in [0.1, 0.15) is 20.3 Å². The van der Waals surface area contributed by atoms with E-state index in [4.69, 9.17) is 34.8 Å². The van der Waals surface area contributed by atoms with Gasteiger partial charge in [0, 0.05) is 6.04 Å². The molecule has 0 aliphatic heterocycles. The Morgan fingerprint density at radius 1 is 1.31 bits per heavy atom. The van der Waals surface area contributed by atoms with Crippen molar-refractivity contribution in [3.05, 3.63) is 21.3 Å². The third-order valence-electron chi connectivity index (χ3n) is 1.96. The van der Waals surface area contributed by atoms with Crippen molar-refractivity contribution in [3.8, 4) is 0 Å². The number of hydrogen-bond donors (Lipinski definition) is 2. The molecule has 1 aromatic heterocycles. The van der Waals surface area contributed by atoms with Crippen LogP contribution in [0.25, 0.3) is 0 Å². The molecule has 0 spiro atoms. The fourth-order valence-corrected chi connectivity index (χ4v) is 1.90. The van der Waals surface area contributed by atoms with Crippen molar-refractivity contribution in [2.75, 3.05) is 5.32 Å². The quantitative estimate of drug-likeness (QED) is 0.830. The van der Waals surface area contributed by atoms with Crippen LogP contribution in [0.15, 0.2) is 6.07 Å². The number of aromatic nitrogens is 1. The molecule has 0 aliphatic rings. The van der Waals surface area contributed by atoms with E-state index < -0.39 is 0 Å². The molecule has 0 bridgehead atoms. The lowest BCUT2D eigenvalue weighted by atomic mass is 10.1. The van der Waals surface area contributed by atoms with E-state index in [1.165, 1.54) is 6.07 Å². The van der Waals surface area contributed by atoms with Crippen LogP contribution in [0, 0.1) is 0 Å². The molecule has 1 aromatic rings. The molecule has 16 heavy (non-hydrogen) atoms. The lowest BCUT2D eigenvalue weighted by molar-refractivity contribution is 0.179. The van der Waals surface area contributed by atoms with E-state index in [2.05, 4.69) is 10.3 Å². The summed E-state index contributed by atoms with van der Waals surface area (Å²) in [6, 6.07) is 1.58. The second-order valence-corrected chi connectivity index (χ2v) is 4.89. The summed E-state index contributed by atoms with van der Waals surface area (Å²) in [5.74, 6) is 0.476. The van der Waals surface area contributed by atoms with Crippen LogP contribution >= 0.6 is 34.8 Å². The Labute approximate surface area is 110 Å². The van der Waals surface area contributed by atoms with Crippen LogP contribution in [0.4, 0.5) is 5.82 Å². The number of pyridine rings is 1. The van der Waals surface area contributed by atoms with E-state index >= 15 is 0 Å². The maximum Gasteiger partial charge on any atom is 0.150 e. The Morgan fingerprint density at radius 3 is 2.50 bits per heavy atom. The van der Waals surface area contributed by atoms with Gasteiger partial charge in [0.05, 0.1) is 16.1 Å². The van der Waals surface area contributed by atoms with Gasteiger partial charge in [0.2, 0.25) is 0 Å². The van der Waals surface area contributed by atoms with Crippen LogP contribution in [0.2, 0.25) is 15.2 Å². The summed E-state index contributed by atoms with van der Waals surface area (Å²) >= 11 is 17.5. The van der Waals surface area contributed by atoms with Gasteiger partial charge in [-0.25, -0.2) is 4.98 Å². The molecule has 2 unspecified atom stereocenters. The predicted octanol–water partition coefficient (Wildman–Crippen LogP) is 3.61. The molecule has 6 heteroatoms. The average Bonchev–Trinajstić information content (AvgIpc) is 2.12. The van der Waals surface area contributed by atoms with Crippen LogP contribution in [0.3, 0.4) is 0 Å². The Balaban J connectivity index is 2.77. The number of nitrogens with one attached hydrogen (secondary N) is 1. The van der Waals surface area contributed by atoms with Gasteiger partial charge in [0.15, 0.2) is 0 Å². The molecule has 3 nitrogen and oxygen atoms in total. The van der Waals surface area contributed by atoms with Crippen molar-refractivity contribution < 1.29 is 5.11 Å². The van der Waals surface area contributed by atoms with E-state index in [1.807, 2.05) is 6.92 Å². The number of hydrogen-bond acceptors (Lipinski definition) is 3. The van der Waals surface area contributed by atoms with Crippen molar-refractivity contribution >= 4 is 40.6 Å². The van der Waals surface area contributed by atoms with E-state index in [0.717, 1.165) is 0 Å². The topological polar surface area (TPSA) is 45.1 Å². The van der Waals surface area contributed by atoms with E-state index in [0.29, 0.717) is 22.3 Å². The van der Waals surface area contributed by atoms with Crippen LogP contribution in [0.5, 0.6) is 0 Å². The van der Waals surface area contributed by atoms with Gasteiger partial charge in [-0.1, -0.05) is 34.8 Å². The highest BCUT2D eigenvalue weighted by Crippen LogP contribution is 2.29.